The van der Waals surface area contributed by atoms with Crippen molar-refractivity contribution in [3.8, 4) is 0 Å². The molecular weight excluding hydrogens is 338 g/mol. The summed E-state index contributed by atoms with van der Waals surface area (Å²) in [6.07, 6.45) is 4.17. The van der Waals surface area contributed by atoms with Gasteiger partial charge in [-0.25, -0.2) is 0 Å². The zero-order chi connectivity index (χ0) is 17.7. The van der Waals surface area contributed by atoms with Gasteiger partial charge in [-0.2, -0.15) is 17.0 Å². The molecule has 0 saturated carbocycles. The van der Waals surface area contributed by atoms with Crippen LogP contribution in [0.1, 0.15) is 37.7 Å². The molecule has 2 aliphatic heterocycles. The molecule has 7 heteroatoms. The molecule has 25 heavy (non-hydrogen) atoms. The van der Waals surface area contributed by atoms with E-state index in [1.807, 2.05) is 30.3 Å². The van der Waals surface area contributed by atoms with Gasteiger partial charge in [0.15, 0.2) is 0 Å². The van der Waals surface area contributed by atoms with Gasteiger partial charge in [0.05, 0.1) is 0 Å². The van der Waals surface area contributed by atoms with E-state index in [1.165, 1.54) is 0 Å². The topological polar surface area (TPSA) is 69.7 Å². The molecule has 2 aliphatic rings. The zero-order valence-electron chi connectivity index (χ0n) is 14.6. The zero-order valence-corrected chi connectivity index (χ0v) is 15.4. The third kappa shape index (κ3) is 4.59. The first-order valence-corrected chi connectivity index (χ1v) is 10.5. The number of benzene rings is 1. The molecule has 1 aromatic rings. The van der Waals surface area contributed by atoms with Crippen LogP contribution in [-0.4, -0.2) is 49.1 Å². The lowest BCUT2D eigenvalue weighted by molar-refractivity contribution is -0.126. The number of carbonyl (C=O) groups excluding carboxylic acids is 1. The first-order chi connectivity index (χ1) is 12.1. The molecule has 0 atom stereocenters. The maximum absolute atomic E-state index is 12.7. The third-order valence-corrected chi connectivity index (χ3v) is 7.14. The van der Waals surface area contributed by atoms with Gasteiger partial charge in [-0.3, -0.25) is 4.79 Å². The van der Waals surface area contributed by atoms with Crippen molar-refractivity contribution >= 4 is 16.1 Å². The number of piperidine rings is 2. The Morgan fingerprint density at radius 2 is 1.56 bits per heavy atom. The molecule has 2 heterocycles. The number of amides is 1. The molecule has 2 saturated heterocycles. The van der Waals surface area contributed by atoms with E-state index < -0.39 is 10.2 Å². The van der Waals surface area contributed by atoms with Crippen LogP contribution in [0, 0.1) is 5.92 Å². The lowest BCUT2D eigenvalue weighted by Gasteiger charge is -2.35. The number of hydrogen-bond donors (Lipinski definition) is 1. The lowest BCUT2D eigenvalue weighted by Crippen LogP contribution is -2.50. The minimum atomic E-state index is -3.35. The Hall–Kier alpha value is -1.44. The van der Waals surface area contributed by atoms with Crippen molar-refractivity contribution in [3.63, 3.8) is 0 Å². The molecule has 1 N–H and O–H groups in total. The Morgan fingerprint density at radius 3 is 2.20 bits per heavy atom. The smallest absolute Gasteiger partial charge is 0.281 e. The van der Waals surface area contributed by atoms with Gasteiger partial charge in [0.2, 0.25) is 5.91 Å². The van der Waals surface area contributed by atoms with Gasteiger partial charge in [0.1, 0.15) is 0 Å². The molecule has 6 nitrogen and oxygen atoms in total. The maximum atomic E-state index is 12.7. The van der Waals surface area contributed by atoms with Gasteiger partial charge in [0.25, 0.3) is 10.2 Å². The van der Waals surface area contributed by atoms with E-state index in [9.17, 15) is 13.2 Å². The average molecular weight is 365 g/mol. The van der Waals surface area contributed by atoms with Crippen LogP contribution >= 0.6 is 0 Å². The second-order valence-corrected chi connectivity index (χ2v) is 8.77. The average Bonchev–Trinajstić information content (AvgIpc) is 2.68. The van der Waals surface area contributed by atoms with E-state index in [2.05, 4.69) is 5.32 Å². The number of nitrogens with one attached hydrogen (secondary N) is 1. The van der Waals surface area contributed by atoms with Crippen molar-refractivity contribution in [2.24, 2.45) is 5.92 Å². The number of nitrogens with zero attached hydrogens (tertiary/aromatic N) is 2. The summed E-state index contributed by atoms with van der Waals surface area (Å²) in [5.74, 6) is -0.0737. The predicted molar refractivity (Wildman–Crippen MR) is 96.9 cm³/mol. The lowest BCUT2D eigenvalue weighted by atomic mass is 9.97. The Bertz CT molecular complexity index is 664. The van der Waals surface area contributed by atoms with Gasteiger partial charge < -0.3 is 5.32 Å². The van der Waals surface area contributed by atoms with E-state index in [-0.39, 0.29) is 11.8 Å². The van der Waals surface area contributed by atoms with Gasteiger partial charge >= 0.3 is 0 Å². The van der Waals surface area contributed by atoms with Crippen LogP contribution in [0.3, 0.4) is 0 Å². The Morgan fingerprint density at radius 1 is 0.960 bits per heavy atom. The molecule has 1 amide bonds. The summed E-state index contributed by atoms with van der Waals surface area (Å²) in [6, 6.07) is 9.81. The Balaban J connectivity index is 1.48. The molecule has 1 aromatic carbocycles. The van der Waals surface area contributed by atoms with Crippen LogP contribution in [0.4, 0.5) is 0 Å². The summed E-state index contributed by atoms with van der Waals surface area (Å²) >= 11 is 0. The highest BCUT2D eigenvalue weighted by molar-refractivity contribution is 7.86. The van der Waals surface area contributed by atoms with Crippen LogP contribution in [0.2, 0.25) is 0 Å². The van der Waals surface area contributed by atoms with E-state index in [4.69, 9.17) is 0 Å². The van der Waals surface area contributed by atoms with Crippen LogP contribution in [0.15, 0.2) is 30.3 Å². The highest BCUT2D eigenvalue weighted by Crippen LogP contribution is 2.23. The van der Waals surface area contributed by atoms with Gasteiger partial charge in [-0.15, -0.1) is 0 Å². The molecule has 138 valence electrons. The molecule has 0 radical (unpaired) electrons. The van der Waals surface area contributed by atoms with Gasteiger partial charge in [-0.05, 0) is 31.2 Å². The summed E-state index contributed by atoms with van der Waals surface area (Å²) in [5.41, 5.74) is 1.07. The van der Waals surface area contributed by atoms with Crippen LogP contribution in [0.25, 0.3) is 0 Å². The summed E-state index contributed by atoms with van der Waals surface area (Å²) in [6.45, 7) is 2.64. The molecule has 0 spiro atoms. The van der Waals surface area contributed by atoms with Gasteiger partial charge in [-0.1, -0.05) is 36.8 Å². The largest absolute Gasteiger partial charge is 0.352 e. The van der Waals surface area contributed by atoms with E-state index >= 15 is 0 Å². The minimum absolute atomic E-state index is 0.0267. The molecule has 2 fully saturated rings. The highest BCUT2D eigenvalue weighted by Gasteiger charge is 2.35. The van der Waals surface area contributed by atoms with E-state index in [1.54, 1.807) is 8.61 Å². The van der Waals surface area contributed by atoms with Crippen molar-refractivity contribution in [2.45, 2.75) is 38.6 Å². The summed E-state index contributed by atoms with van der Waals surface area (Å²) in [4.78, 5) is 12.3. The highest BCUT2D eigenvalue weighted by atomic mass is 32.2. The van der Waals surface area contributed by atoms with Crippen LogP contribution < -0.4 is 5.32 Å². The fourth-order valence-electron chi connectivity index (χ4n) is 3.54. The molecule has 3 rings (SSSR count). The first-order valence-electron chi connectivity index (χ1n) is 9.14. The Labute approximate surface area is 150 Å². The molecule has 0 unspecified atom stereocenters. The monoisotopic (exact) mass is 365 g/mol. The van der Waals surface area contributed by atoms with Gasteiger partial charge in [0, 0.05) is 38.6 Å². The van der Waals surface area contributed by atoms with Crippen molar-refractivity contribution in [1.82, 2.24) is 13.9 Å². The van der Waals surface area contributed by atoms with E-state index in [0.717, 1.165) is 24.8 Å². The molecule has 0 bridgehead atoms. The first kappa shape index (κ1) is 18.4. The van der Waals surface area contributed by atoms with E-state index in [0.29, 0.717) is 45.6 Å². The second-order valence-electron chi connectivity index (χ2n) is 6.84. The number of carbonyl (C=O) groups is 1. The summed E-state index contributed by atoms with van der Waals surface area (Å²) < 4.78 is 28.5. The van der Waals surface area contributed by atoms with Crippen molar-refractivity contribution in [3.05, 3.63) is 35.9 Å². The standard InChI is InChI=1S/C18H27N3O3S/c22-18(19-15-16-7-3-1-4-8-16)17-9-13-21(14-10-17)25(23,24)20-11-5-2-6-12-20/h1,3-4,7-8,17H,2,5-6,9-15H2,(H,19,22). The minimum Gasteiger partial charge on any atom is -0.352 e. The molecular formula is C18H27N3O3S. The van der Waals surface area contributed by atoms with Crippen LogP contribution in [0.5, 0.6) is 0 Å². The van der Waals surface area contributed by atoms with Crippen molar-refractivity contribution in [2.75, 3.05) is 26.2 Å². The van der Waals surface area contributed by atoms with Crippen molar-refractivity contribution < 1.29 is 13.2 Å². The third-order valence-electron chi connectivity index (χ3n) is 5.10. The number of rotatable bonds is 5. The fourth-order valence-corrected chi connectivity index (χ4v) is 5.26. The molecule has 0 aromatic heterocycles. The maximum Gasteiger partial charge on any atom is 0.281 e. The predicted octanol–water partition coefficient (Wildman–Crippen LogP) is 1.75. The fraction of sp³-hybridized carbons (Fsp3) is 0.611. The normalized spacial score (nSPS) is 21.1. The second kappa shape index (κ2) is 8.29. The number of hydrogen-bond acceptors (Lipinski definition) is 3. The quantitative estimate of drug-likeness (QED) is 0.864. The van der Waals surface area contributed by atoms with Crippen LogP contribution in [-0.2, 0) is 21.5 Å². The SMILES string of the molecule is O=C(NCc1ccccc1)C1CCN(S(=O)(=O)N2CCCCC2)CC1. The Kier molecular flexibility index (Phi) is 6.09. The summed E-state index contributed by atoms with van der Waals surface area (Å²) in [5, 5.41) is 2.97. The molecule has 0 aliphatic carbocycles. The summed E-state index contributed by atoms with van der Waals surface area (Å²) in [7, 11) is -3.35. The van der Waals surface area contributed by atoms with Crippen molar-refractivity contribution in [1.29, 1.82) is 0 Å².